The van der Waals surface area contributed by atoms with Gasteiger partial charge in [0.15, 0.2) is 0 Å². The van der Waals surface area contributed by atoms with Gasteiger partial charge in [-0.25, -0.2) is 0 Å². The summed E-state index contributed by atoms with van der Waals surface area (Å²) in [6.07, 6.45) is 0. The highest BCUT2D eigenvalue weighted by atomic mass is 16.2. The molecule has 0 saturated carbocycles. The van der Waals surface area contributed by atoms with Gasteiger partial charge in [0, 0.05) is 24.0 Å². The number of hydrogen-bond acceptors (Lipinski definition) is 2. The maximum absolute atomic E-state index is 12.4. The van der Waals surface area contributed by atoms with Crippen molar-refractivity contribution in [2.75, 3.05) is 17.7 Å². The van der Waals surface area contributed by atoms with Crippen LogP contribution in [0.15, 0.2) is 42.5 Å². The molecule has 0 aromatic heterocycles. The van der Waals surface area contributed by atoms with Crippen LogP contribution in [0, 0.1) is 13.8 Å². The number of carbonyl (C=O) groups is 1. The van der Waals surface area contributed by atoms with Crippen molar-refractivity contribution in [3.8, 4) is 0 Å². The molecule has 0 saturated heterocycles. The molecule has 0 aliphatic heterocycles. The molecule has 0 atom stereocenters. The zero-order valence-corrected chi connectivity index (χ0v) is 11.5. The first kappa shape index (κ1) is 13.1. The third-order valence-electron chi connectivity index (χ3n) is 3.32. The fourth-order valence-corrected chi connectivity index (χ4v) is 1.92. The summed E-state index contributed by atoms with van der Waals surface area (Å²) in [6.45, 7) is 4.04. The monoisotopic (exact) mass is 254 g/mol. The number of rotatable bonds is 2. The molecule has 0 heterocycles. The average Bonchev–Trinajstić information content (AvgIpc) is 2.40. The smallest absolute Gasteiger partial charge is 0.258 e. The Morgan fingerprint density at radius 1 is 1.05 bits per heavy atom. The molecule has 0 fully saturated rings. The van der Waals surface area contributed by atoms with E-state index in [9.17, 15) is 4.79 Å². The van der Waals surface area contributed by atoms with Crippen molar-refractivity contribution in [2.45, 2.75) is 13.8 Å². The Hall–Kier alpha value is -2.29. The molecule has 2 aromatic carbocycles. The Labute approximate surface area is 113 Å². The molecular weight excluding hydrogens is 236 g/mol. The van der Waals surface area contributed by atoms with Crippen molar-refractivity contribution in [3.05, 3.63) is 59.2 Å². The molecule has 0 bridgehead atoms. The van der Waals surface area contributed by atoms with Crippen LogP contribution in [0.3, 0.4) is 0 Å². The second-order valence-corrected chi connectivity index (χ2v) is 4.76. The fraction of sp³-hybridized carbons (Fsp3) is 0.188. The van der Waals surface area contributed by atoms with Crippen molar-refractivity contribution >= 4 is 17.3 Å². The van der Waals surface area contributed by atoms with E-state index in [2.05, 4.69) is 0 Å². The number of nitrogen functional groups attached to an aromatic ring is 1. The fourth-order valence-electron chi connectivity index (χ4n) is 1.92. The van der Waals surface area contributed by atoms with Crippen molar-refractivity contribution in [3.63, 3.8) is 0 Å². The van der Waals surface area contributed by atoms with Gasteiger partial charge in [-0.2, -0.15) is 0 Å². The van der Waals surface area contributed by atoms with E-state index in [1.165, 1.54) is 5.56 Å². The minimum Gasteiger partial charge on any atom is -0.399 e. The molecule has 3 heteroatoms. The molecule has 0 aliphatic rings. The summed E-state index contributed by atoms with van der Waals surface area (Å²) >= 11 is 0. The summed E-state index contributed by atoms with van der Waals surface area (Å²) in [6, 6.07) is 13.0. The van der Waals surface area contributed by atoms with Crippen LogP contribution in [0.4, 0.5) is 11.4 Å². The molecule has 3 nitrogen and oxygen atoms in total. The van der Waals surface area contributed by atoms with Crippen LogP contribution < -0.4 is 10.6 Å². The Balaban J connectivity index is 2.30. The molecule has 2 N–H and O–H groups in total. The maximum atomic E-state index is 12.4. The number of benzene rings is 2. The largest absolute Gasteiger partial charge is 0.399 e. The van der Waals surface area contributed by atoms with Gasteiger partial charge in [-0.3, -0.25) is 4.79 Å². The lowest BCUT2D eigenvalue weighted by Crippen LogP contribution is -2.26. The van der Waals surface area contributed by atoms with E-state index in [1.54, 1.807) is 24.1 Å². The number of nitrogens with two attached hydrogens (primary N) is 1. The zero-order valence-electron chi connectivity index (χ0n) is 11.5. The lowest BCUT2D eigenvalue weighted by atomic mass is 10.1. The Kier molecular flexibility index (Phi) is 3.56. The van der Waals surface area contributed by atoms with Crippen LogP contribution >= 0.6 is 0 Å². The Morgan fingerprint density at radius 2 is 1.79 bits per heavy atom. The standard InChI is InChI=1S/C16H18N2O/c1-11-7-8-13(9-12(11)2)16(19)18(3)15-6-4-5-14(17)10-15/h4-10H,17H2,1-3H3. The minimum atomic E-state index is -0.0336. The summed E-state index contributed by atoms with van der Waals surface area (Å²) in [7, 11) is 1.76. The summed E-state index contributed by atoms with van der Waals surface area (Å²) in [5.74, 6) is -0.0336. The first-order valence-corrected chi connectivity index (χ1v) is 6.20. The molecule has 0 unspecified atom stereocenters. The van der Waals surface area contributed by atoms with Gasteiger partial charge in [0.25, 0.3) is 5.91 Å². The molecular formula is C16H18N2O. The van der Waals surface area contributed by atoms with E-state index in [1.807, 2.05) is 44.2 Å². The van der Waals surface area contributed by atoms with Gasteiger partial charge in [-0.15, -0.1) is 0 Å². The second kappa shape index (κ2) is 5.14. The van der Waals surface area contributed by atoms with Crippen LogP contribution in [0.1, 0.15) is 21.5 Å². The number of amides is 1. The molecule has 98 valence electrons. The van der Waals surface area contributed by atoms with Gasteiger partial charge in [0.05, 0.1) is 0 Å². The minimum absolute atomic E-state index is 0.0336. The number of aryl methyl sites for hydroxylation is 2. The molecule has 19 heavy (non-hydrogen) atoms. The van der Waals surface area contributed by atoms with Crippen LogP contribution in [0.2, 0.25) is 0 Å². The maximum Gasteiger partial charge on any atom is 0.258 e. The van der Waals surface area contributed by atoms with Crippen LogP contribution in [-0.2, 0) is 0 Å². The van der Waals surface area contributed by atoms with E-state index in [0.29, 0.717) is 11.3 Å². The predicted molar refractivity (Wildman–Crippen MR) is 79.5 cm³/mol. The normalized spacial score (nSPS) is 10.3. The Morgan fingerprint density at radius 3 is 2.42 bits per heavy atom. The molecule has 0 spiro atoms. The highest BCUT2D eigenvalue weighted by Crippen LogP contribution is 2.19. The van der Waals surface area contributed by atoms with Gasteiger partial charge in [-0.1, -0.05) is 12.1 Å². The molecule has 0 aliphatic carbocycles. The molecule has 2 aromatic rings. The highest BCUT2D eigenvalue weighted by molar-refractivity contribution is 6.06. The van der Waals surface area contributed by atoms with Gasteiger partial charge in [0.2, 0.25) is 0 Å². The van der Waals surface area contributed by atoms with Gasteiger partial charge < -0.3 is 10.6 Å². The second-order valence-electron chi connectivity index (χ2n) is 4.76. The van der Waals surface area contributed by atoms with E-state index in [4.69, 9.17) is 5.73 Å². The number of hydrogen-bond donors (Lipinski definition) is 1. The van der Waals surface area contributed by atoms with Crippen molar-refractivity contribution in [1.82, 2.24) is 0 Å². The predicted octanol–water partition coefficient (Wildman–Crippen LogP) is 3.16. The highest BCUT2D eigenvalue weighted by Gasteiger charge is 2.14. The van der Waals surface area contributed by atoms with Gasteiger partial charge >= 0.3 is 0 Å². The summed E-state index contributed by atoms with van der Waals surface area (Å²) in [5, 5.41) is 0. The topological polar surface area (TPSA) is 46.3 Å². The Bertz CT molecular complexity index is 620. The van der Waals surface area contributed by atoms with E-state index in [-0.39, 0.29) is 5.91 Å². The SMILES string of the molecule is Cc1ccc(C(=O)N(C)c2cccc(N)c2)cc1C. The number of carbonyl (C=O) groups excluding carboxylic acids is 1. The molecule has 0 radical (unpaired) electrons. The zero-order chi connectivity index (χ0) is 14.0. The first-order chi connectivity index (χ1) is 8.99. The van der Waals surface area contributed by atoms with Crippen molar-refractivity contribution < 1.29 is 4.79 Å². The van der Waals surface area contributed by atoms with E-state index >= 15 is 0 Å². The lowest BCUT2D eigenvalue weighted by molar-refractivity contribution is 0.0993. The van der Waals surface area contributed by atoms with Crippen LogP contribution in [0.25, 0.3) is 0 Å². The lowest BCUT2D eigenvalue weighted by Gasteiger charge is -2.18. The van der Waals surface area contributed by atoms with Gasteiger partial charge in [-0.05, 0) is 55.3 Å². The third kappa shape index (κ3) is 2.76. The van der Waals surface area contributed by atoms with Crippen molar-refractivity contribution in [2.24, 2.45) is 0 Å². The van der Waals surface area contributed by atoms with Crippen molar-refractivity contribution in [1.29, 1.82) is 0 Å². The number of anilines is 2. The van der Waals surface area contributed by atoms with Crippen LogP contribution in [0.5, 0.6) is 0 Å². The quantitative estimate of drug-likeness (QED) is 0.837. The summed E-state index contributed by atoms with van der Waals surface area (Å²) in [4.78, 5) is 14.0. The first-order valence-electron chi connectivity index (χ1n) is 6.20. The molecule has 1 amide bonds. The third-order valence-corrected chi connectivity index (χ3v) is 3.32. The molecule has 2 rings (SSSR count). The summed E-state index contributed by atoms with van der Waals surface area (Å²) in [5.41, 5.74) is 10.2. The van der Waals surface area contributed by atoms with E-state index < -0.39 is 0 Å². The van der Waals surface area contributed by atoms with E-state index in [0.717, 1.165) is 11.3 Å². The average molecular weight is 254 g/mol. The number of nitrogens with zero attached hydrogens (tertiary/aromatic N) is 1. The summed E-state index contributed by atoms with van der Waals surface area (Å²) < 4.78 is 0. The van der Waals surface area contributed by atoms with Gasteiger partial charge in [0.1, 0.15) is 0 Å². The van der Waals surface area contributed by atoms with Crippen LogP contribution in [-0.4, -0.2) is 13.0 Å².